The number of hydrogen-bond acceptors (Lipinski definition) is 4. The second-order valence-corrected chi connectivity index (χ2v) is 6.11. The Morgan fingerprint density at radius 3 is 2.53 bits per heavy atom. The van der Waals surface area contributed by atoms with E-state index < -0.39 is 17.6 Å². The molecule has 0 aliphatic carbocycles. The van der Waals surface area contributed by atoms with Gasteiger partial charge in [0.1, 0.15) is 17.2 Å². The minimum Gasteiger partial charge on any atom is -0.404 e. The molecule has 0 bridgehead atoms. The van der Waals surface area contributed by atoms with Crippen LogP contribution in [0.15, 0.2) is 102 Å². The summed E-state index contributed by atoms with van der Waals surface area (Å²) < 4.78 is 54.8. The molecule has 0 fully saturated rings. The lowest BCUT2D eigenvalue weighted by Crippen LogP contribution is -2.21. The summed E-state index contributed by atoms with van der Waals surface area (Å²) >= 11 is 0. The average Bonchev–Trinajstić information content (AvgIpc) is 3.18. The number of nitrogens with two attached hydrogens (primary N) is 1. The Bertz CT molecular complexity index is 1100. The number of alkyl halides is 3. The molecular weight excluding hydrogens is 398 g/mol. The quantitative estimate of drug-likeness (QED) is 0.575. The maximum atomic E-state index is 14.3. The molecule has 0 unspecified atom stereocenters. The smallest absolute Gasteiger partial charge is 0.404 e. The van der Waals surface area contributed by atoms with E-state index in [1.807, 2.05) is 0 Å². The number of hydrogen-bond donors (Lipinski definition) is 1. The van der Waals surface area contributed by atoms with Gasteiger partial charge in [-0.15, -0.1) is 0 Å². The third kappa shape index (κ3) is 4.09. The Labute approximate surface area is 170 Å². The standard InChI is InChI=1S/C21H17F4N5/c1-3-16(12-15(13-26)21(23,24)25)29-11-9-14(2)20(28-29)19-8-10-27-30(19)18-7-5-4-6-17(18)22/h3-13H,1-2,26H2/b15-13+,16-12+. The Morgan fingerprint density at radius 2 is 1.90 bits per heavy atom. The van der Waals surface area contributed by atoms with Crippen molar-refractivity contribution in [3.63, 3.8) is 0 Å². The number of para-hydroxylation sites is 1. The van der Waals surface area contributed by atoms with Gasteiger partial charge in [-0.1, -0.05) is 25.3 Å². The molecule has 0 radical (unpaired) electrons. The zero-order valence-electron chi connectivity index (χ0n) is 15.6. The normalized spacial score (nSPS) is 15.4. The van der Waals surface area contributed by atoms with Gasteiger partial charge in [0.2, 0.25) is 0 Å². The van der Waals surface area contributed by atoms with Crippen molar-refractivity contribution >= 4 is 5.71 Å². The Morgan fingerprint density at radius 1 is 1.17 bits per heavy atom. The van der Waals surface area contributed by atoms with Crippen molar-refractivity contribution in [1.82, 2.24) is 14.8 Å². The van der Waals surface area contributed by atoms with Gasteiger partial charge in [0, 0.05) is 12.4 Å². The number of benzene rings is 1. The number of nitrogens with zero attached hydrogens (tertiary/aromatic N) is 4. The highest BCUT2D eigenvalue weighted by molar-refractivity contribution is 6.13. The molecule has 0 spiro atoms. The van der Waals surface area contributed by atoms with Gasteiger partial charge in [-0.05, 0) is 42.0 Å². The fraction of sp³-hybridized carbons (Fsp3) is 0.0476. The molecule has 1 aromatic carbocycles. The first-order valence-electron chi connectivity index (χ1n) is 8.64. The van der Waals surface area contributed by atoms with E-state index in [-0.39, 0.29) is 11.4 Å². The third-order valence-electron chi connectivity index (χ3n) is 4.18. The lowest BCUT2D eigenvalue weighted by Gasteiger charge is -2.23. The van der Waals surface area contributed by atoms with Crippen LogP contribution in [0.5, 0.6) is 0 Å². The lowest BCUT2D eigenvalue weighted by molar-refractivity contribution is -0.0885. The van der Waals surface area contributed by atoms with E-state index in [0.29, 0.717) is 23.2 Å². The molecule has 0 atom stereocenters. The summed E-state index contributed by atoms with van der Waals surface area (Å²) in [6, 6.07) is 7.65. The molecule has 2 aromatic rings. The highest BCUT2D eigenvalue weighted by Gasteiger charge is 2.32. The maximum absolute atomic E-state index is 14.3. The number of allylic oxidation sites excluding steroid dienone is 5. The summed E-state index contributed by atoms with van der Waals surface area (Å²) in [5.74, 6) is -0.494. The largest absolute Gasteiger partial charge is 0.417 e. The molecule has 1 aliphatic rings. The summed E-state index contributed by atoms with van der Waals surface area (Å²) in [5, 5.41) is 9.71. The van der Waals surface area contributed by atoms with Gasteiger partial charge in [0.05, 0.1) is 23.2 Å². The first-order chi connectivity index (χ1) is 14.3. The van der Waals surface area contributed by atoms with Crippen molar-refractivity contribution in [3.05, 3.63) is 109 Å². The molecule has 5 nitrogen and oxygen atoms in total. The maximum Gasteiger partial charge on any atom is 0.417 e. The summed E-state index contributed by atoms with van der Waals surface area (Å²) in [5.41, 5.74) is 5.48. The fourth-order valence-electron chi connectivity index (χ4n) is 2.70. The number of halogens is 4. The summed E-state index contributed by atoms with van der Waals surface area (Å²) in [6.45, 7) is 7.46. The van der Waals surface area contributed by atoms with Crippen LogP contribution >= 0.6 is 0 Å². The topological polar surface area (TPSA) is 59.4 Å². The van der Waals surface area contributed by atoms with Crippen LogP contribution in [0.2, 0.25) is 0 Å². The third-order valence-corrected chi connectivity index (χ3v) is 4.18. The number of hydrazone groups is 1. The molecule has 0 saturated heterocycles. The molecule has 0 amide bonds. The predicted octanol–water partition coefficient (Wildman–Crippen LogP) is 4.58. The zero-order valence-corrected chi connectivity index (χ0v) is 15.6. The highest BCUT2D eigenvalue weighted by Crippen LogP contribution is 2.29. The van der Waals surface area contributed by atoms with E-state index in [9.17, 15) is 17.6 Å². The Balaban J connectivity index is 2.06. The van der Waals surface area contributed by atoms with Crippen molar-refractivity contribution in [3.8, 4) is 5.69 Å². The van der Waals surface area contributed by atoms with Gasteiger partial charge in [-0.3, -0.25) is 0 Å². The molecule has 2 heterocycles. The lowest BCUT2D eigenvalue weighted by atomic mass is 10.1. The molecule has 1 aromatic heterocycles. The van der Waals surface area contributed by atoms with Crippen LogP contribution in [0, 0.1) is 5.82 Å². The second kappa shape index (κ2) is 8.24. The summed E-state index contributed by atoms with van der Waals surface area (Å²) in [4.78, 5) is 0. The molecular formula is C21H17F4N5. The molecule has 9 heteroatoms. The van der Waals surface area contributed by atoms with E-state index in [1.165, 1.54) is 34.2 Å². The number of aromatic nitrogens is 2. The van der Waals surface area contributed by atoms with Gasteiger partial charge in [-0.25, -0.2) is 14.1 Å². The van der Waals surface area contributed by atoms with E-state index in [4.69, 9.17) is 5.73 Å². The van der Waals surface area contributed by atoms with Crippen molar-refractivity contribution in [2.75, 3.05) is 0 Å². The van der Waals surface area contributed by atoms with Gasteiger partial charge < -0.3 is 5.73 Å². The summed E-state index contributed by atoms with van der Waals surface area (Å²) in [6.07, 6.45) is 2.33. The molecule has 3 rings (SSSR count). The van der Waals surface area contributed by atoms with Crippen LogP contribution in [0.25, 0.3) is 5.69 Å². The molecule has 1 aliphatic heterocycles. The van der Waals surface area contributed by atoms with E-state index >= 15 is 0 Å². The van der Waals surface area contributed by atoms with E-state index in [2.05, 4.69) is 23.4 Å². The fourth-order valence-corrected chi connectivity index (χ4v) is 2.70. The Hall–Kier alpha value is -3.88. The Kier molecular flexibility index (Phi) is 5.72. The average molecular weight is 415 g/mol. The van der Waals surface area contributed by atoms with E-state index in [1.54, 1.807) is 30.3 Å². The first-order valence-corrected chi connectivity index (χ1v) is 8.64. The van der Waals surface area contributed by atoms with Crippen molar-refractivity contribution in [2.24, 2.45) is 10.8 Å². The molecule has 30 heavy (non-hydrogen) atoms. The van der Waals surface area contributed by atoms with Gasteiger partial charge >= 0.3 is 6.18 Å². The van der Waals surface area contributed by atoms with Crippen molar-refractivity contribution in [1.29, 1.82) is 0 Å². The van der Waals surface area contributed by atoms with Gasteiger partial charge in [-0.2, -0.15) is 23.4 Å². The van der Waals surface area contributed by atoms with Crippen LogP contribution in [-0.4, -0.2) is 26.7 Å². The minimum atomic E-state index is -4.64. The van der Waals surface area contributed by atoms with Crippen molar-refractivity contribution in [2.45, 2.75) is 6.18 Å². The summed E-state index contributed by atoms with van der Waals surface area (Å²) in [7, 11) is 0. The van der Waals surface area contributed by atoms with Gasteiger partial charge in [0.25, 0.3) is 0 Å². The minimum absolute atomic E-state index is 0.0298. The SMILES string of the molecule is C=C/C(=C\C(=C/N)C(F)(F)F)N1C=CC(=C)C(c2ccnn2-c2ccccc2F)=N1. The molecule has 154 valence electrons. The van der Waals surface area contributed by atoms with Crippen LogP contribution in [0.4, 0.5) is 17.6 Å². The van der Waals surface area contributed by atoms with Crippen LogP contribution in [0.1, 0.15) is 5.69 Å². The van der Waals surface area contributed by atoms with Crippen LogP contribution < -0.4 is 5.73 Å². The monoisotopic (exact) mass is 415 g/mol. The number of rotatable bonds is 5. The van der Waals surface area contributed by atoms with Gasteiger partial charge in [0.15, 0.2) is 0 Å². The molecule has 0 saturated carbocycles. The van der Waals surface area contributed by atoms with Crippen molar-refractivity contribution < 1.29 is 17.6 Å². The highest BCUT2D eigenvalue weighted by atomic mass is 19.4. The van der Waals surface area contributed by atoms with Crippen LogP contribution in [-0.2, 0) is 0 Å². The van der Waals surface area contributed by atoms with Crippen LogP contribution in [0.3, 0.4) is 0 Å². The molecule has 2 N–H and O–H groups in total. The van der Waals surface area contributed by atoms with E-state index in [0.717, 1.165) is 6.08 Å². The predicted molar refractivity (Wildman–Crippen MR) is 107 cm³/mol. The first kappa shape index (κ1) is 20.8. The zero-order chi connectivity index (χ0) is 21.9. The second-order valence-electron chi connectivity index (χ2n) is 6.11.